The summed E-state index contributed by atoms with van der Waals surface area (Å²) in [6, 6.07) is 10.9. The molecule has 4 heteroatoms. The van der Waals surface area contributed by atoms with Crippen molar-refractivity contribution in [2.24, 2.45) is 0 Å². The first kappa shape index (κ1) is 12.8. The smallest absolute Gasteiger partial charge is 0.159 e. The monoisotopic (exact) mass is 275 g/mol. The first-order valence-electron chi connectivity index (χ1n) is 7.47. The number of hydrogen-bond donors (Lipinski definition) is 1. The second-order valence-corrected chi connectivity index (χ2v) is 6.23. The van der Waals surface area contributed by atoms with Crippen molar-refractivity contribution in [2.75, 3.05) is 7.05 Å². The molecule has 3 saturated heterocycles. The van der Waals surface area contributed by atoms with Crippen LogP contribution in [0.4, 0.5) is 0 Å². The number of likely N-dealkylation sites (N-methyl/N-ethyl adjacent to an activating group) is 1. The minimum absolute atomic E-state index is 0.139. The standard InChI is InChI=1S/C16H21NO3/c1-17-11-8-14-16(20-14)12(17)9-13(11)19-15(18)7-10-5-3-2-4-6-10/h2-6,11-16,18H,7-9H2,1H3. The lowest BCUT2D eigenvalue weighted by Gasteiger charge is -2.30. The first-order chi connectivity index (χ1) is 9.72. The van der Waals surface area contributed by atoms with Crippen LogP contribution in [0.15, 0.2) is 30.3 Å². The average molecular weight is 275 g/mol. The Morgan fingerprint density at radius 3 is 2.90 bits per heavy atom. The molecule has 2 bridgehead atoms. The highest BCUT2D eigenvalue weighted by Crippen LogP contribution is 2.46. The van der Waals surface area contributed by atoms with Gasteiger partial charge in [0.05, 0.1) is 18.3 Å². The summed E-state index contributed by atoms with van der Waals surface area (Å²) in [5, 5.41) is 10.2. The number of nitrogens with zero attached hydrogens (tertiary/aromatic N) is 1. The van der Waals surface area contributed by atoms with E-state index in [0.29, 0.717) is 30.7 Å². The number of epoxide rings is 1. The van der Waals surface area contributed by atoms with Crippen LogP contribution in [0.1, 0.15) is 18.4 Å². The predicted octanol–water partition coefficient (Wildman–Crippen LogP) is 1.18. The molecule has 3 aliphatic heterocycles. The quantitative estimate of drug-likeness (QED) is 0.662. The summed E-state index contributed by atoms with van der Waals surface area (Å²) in [6.07, 6.45) is 2.86. The van der Waals surface area contributed by atoms with Crippen LogP contribution in [0.3, 0.4) is 0 Å². The zero-order valence-corrected chi connectivity index (χ0v) is 11.7. The summed E-state index contributed by atoms with van der Waals surface area (Å²) in [6.45, 7) is 0. The fourth-order valence-electron chi connectivity index (χ4n) is 3.89. The maximum absolute atomic E-state index is 10.2. The molecule has 108 valence electrons. The van der Waals surface area contributed by atoms with Crippen LogP contribution >= 0.6 is 0 Å². The summed E-state index contributed by atoms with van der Waals surface area (Å²) >= 11 is 0. The van der Waals surface area contributed by atoms with Gasteiger partial charge in [0.15, 0.2) is 6.29 Å². The molecule has 3 aliphatic rings. The summed E-state index contributed by atoms with van der Waals surface area (Å²) in [4.78, 5) is 2.38. The third kappa shape index (κ3) is 2.17. The summed E-state index contributed by atoms with van der Waals surface area (Å²) in [5.74, 6) is 0. The van der Waals surface area contributed by atoms with Crippen molar-refractivity contribution in [3.63, 3.8) is 0 Å². The summed E-state index contributed by atoms with van der Waals surface area (Å²) in [7, 11) is 2.15. The van der Waals surface area contributed by atoms with Gasteiger partial charge in [0, 0.05) is 18.5 Å². The molecule has 4 nitrogen and oxygen atoms in total. The van der Waals surface area contributed by atoms with Gasteiger partial charge in [-0.15, -0.1) is 0 Å². The molecule has 4 rings (SSSR count). The molecule has 6 atom stereocenters. The number of ether oxygens (including phenoxy) is 2. The number of benzene rings is 1. The van der Waals surface area contributed by atoms with Gasteiger partial charge < -0.3 is 14.6 Å². The Labute approximate surface area is 119 Å². The van der Waals surface area contributed by atoms with Crippen molar-refractivity contribution in [1.82, 2.24) is 4.90 Å². The van der Waals surface area contributed by atoms with Crippen LogP contribution in [-0.2, 0) is 15.9 Å². The second kappa shape index (κ2) is 4.81. The highest BCUT2D eigenvalue weighted by molar-refractivity contribution is 5.15. The Balaban J connectivity index is 1.38. The Kier molecular flexibility index (Phi) is 3.07. The van der Waals surface area contributed by atoms with Gasteiger partial charge in [-0.3, -0.25) is 4.90 Å². The van der Waals surface area contributed by atoms with Gasteiger partial charge in [-0.2, -0.15) is 0 Å². The van der Waals surface area contributed by atoms with Crippen LogP contribution in [0.2, 0.25) is 0 Å². The molecule has 3 fully saturated rings. The van der Waals surface area contributed by atoms with E-state index in [1.165, 1.54) is 0 Å². The van der Waals surface area contributed by atoms with Gasteiger partial charge in [0.2, 0.25) is 0 Å². The van der Waals surface area contributed by atoms with Crippen molar-refractivity contribution < 1.29 is 14.6 Å². The molecule has 20 heavy (non-hydrogen) atoms. The molecular weight excluding hydrogens is 254 g/mol. The third-order valence-electron chi connectivity index (χ3n) is 5.01. The molecule has 1 aromatic rings. The second-order valence-electron chi connectivity index (χ2n) is 6.23. The zero-order valence-electron chi connectivity index (χ0n) is 11.7. The van der Waals surface area contributed by atoms with Gasteiger partial charge in [-0.25, -0.2) is 0 Å². The number of aliphatic hydroxyl groups is 1. The lowest BCUT2D eigenvalue weighted by atomic mass is 10.0. The zero-order chi connectivity index (χ0) is 13.7. The lowest BCUT2D eigenvalue weighted by molar-refractivity contribution is -0.141. The molecule has 0 spiro atoms. The largest absolute Gasteiger partial charge is 0.368 e. The highest BCUT2D eigenvalue weighted by Gasteiger charge is 2.59. The van der Waals surface area contributed by atoms with E-state index in [-0.39, 0.29) is 6.10 Å². The number of aliphatic hydroxyl groups excluding tert-OH is 1. The van der Waals surface area contributed by atoms with E-state index < -0.39 is 6.29 Å². The Morgan fingerprint density at radius 2 is 2.10 bits per heavy atom. The topological polar surface area (TPSA) is 45.2 Å². The van der Waals surface area contributed by atoms with Crippen molar-refractivity contribution in [3.05, 3.63) is 35.9 Å². The van der Waals surface area contributed by atoms with Crippen molar-refractivity contribution in [2.45, 2.75) is 55.9 Å². The number of fused-ring (bicyclic) bond motifs is 4. The van der Waals surface area contributed by atoms with Gasteiger partial charge in [0.1, 0.15) is 0 Å². The fraction of sp³-hybridized carbons (Fsp3) is 0.625. The van der Waals surface area contributed by atoms with Crippen molar-refractivity contribution in [3.8, 4) is 0 Å². The number of hydrogen-bond acceptors (Lipinski definition) is 4. The molecule has 0 aliphatic carbocycles. The van der Waals surface area contributed by atoms with Crippen molar-refractivity contribution in [1.29, 1.82) is 0 Å². The van der Waals surface area contributed by atoms with Gasteiger partial charge in [-0.05, 0) is 25.5 Å². The molecule has 0 amide bonds. The predicted molar refractivity (Wildman–Crippen MR) is 74.3 cm³/mol. The number of rotatable bonds is 4. The SMILES string of the molecule is CN1C2CC3OC3C1CC2OC(O)Cc1ccccc1. The summed E-state index contributed by atoms with van der Waals surface area (Å²) < 4.78 is 11.6. The van der Waals surface area contributed by atoms with Gasteiger partial charge in [0.25, 0.3) is 0 Å². The first-order valence-corrected chi connectivity index (χ1v) is 7.47. The van der Waals surface area contributed by atoms with Gasteiger partial charge in [-0.1, -0.05) is 30.3 Å². The number of piperidine rings is 1. The lowest BCUT2D eigenvalue weighted by Crippen LogP contribution is -2.44. The van der Waals surface area contributed by atoms with Crippen LogP contribution in [0, 0.1) is 0 Å². The van der Waals surface area contributed by atoms with E-state index in [1.807, 2.05) is 30.3 Å². The van der Waals surface area contributed by atoms with E-state index in [9.17, 15) is 5.11 Å². The van der Waals surface area contributed by atoms with E-state index in [2.05, 4.69) is 11.9 Å². The van der Waals surface area contributed by atoms with E-state index >= 15 is 0 Å². The third-order valence-corrected chi connectivity index (χ3v) is 5.01. The maximum Gasteiger partial charge on any atom is 0.159 e. The Morgan fingerprint density at radius 1 is 1.30 bits per heavy atom. The molecule has 0 aromatic heterocycles. The molecular formula is C16H21NO3. The molecule has 1 aromatic carbocycles. The fourth-order valence-corrected chi connectivity index (χ4v) is 3.89. The average Bonchev–Trinajstić information content (AvgIpc) is 3.16. The molecule has 6 unspecified atom stereocenters. The van der Waals surface area contributed by atoms with Crippen LogP contribution < -0.4 is 0 Å². The van der Waals surface area contributed by atoms with E-state index in [4.69, 9.17) is 9.47 Å². The minimum atomic E-state index is -0.715. The molecule has 1 N–H and O–H groups in total. The maximum atomic E-state index is 10.2. The molecule has 3 heterocycles. The minimum Gasteiger partial charge on any atom is -0.368 e. The van der Waals surface area contributed by atoms with Crippen LogP contribution in [0.5, 0.6) is 0 Å². The molecule has 0 saturated carbocycles. The van der Waals surface area contributed by atoms with E-state index in [1.54, 1.807) is 0 Å². The normalized spacial score (nSPS) is 40.4. The molecule has 0 radical (unpaired) electrons. The summed E-state index contributed by atoms with van der Waals surface area (Å²) in [5.41, 5.74) is 1.11. The Bertz CT molecular complexity index is 480. The van der Waals surface area contributed by atoms with Crippen LogP contribution in [0.25, 0.3) is 0 Å². The van der Waals surface area contributed by atoms with E-state index in [0.717, 1.165) is 18.4 Å². The van der Waals surface area contributed by atoms with Crippen LogP contribution in [-0.4, -0.2) is 53.7 Å². The highest BCUT2D eigenvalue weighted by atomic mass is 16.6. The van der Waals surface area contributed by atoms with Crippen molar-refractivity contribution >= 4 is 0 Å². The Hall–Kier alpha value is -0.940. The van der Waals surface area contributed by atoms with Gasteiger partial charge >= 0.3 is 0 Å².